The minimum absolute atomic E-state index is 0.169. The molecule has 0 aliphatic rings. The van der Waals surface area contributed by atoms with Gasteiger partial charge in [-0.1, -0.05) is 25.5 Å². The Labute approximate surface area is 151 Å². The van der Waals surface area contributed by atoms with Crippen LogP contribution < -0.4 is 27.6 Å². The maximum absolute atomic E-state index is 12.4. The molecule has 2 rings (SSSR count). The first-order valence-electron chi connectivity index (χ1n) is 8.65. The SMILES string of the molecule is CCCCn1c(N)c(N(CC)Cc2ccc(C(N)=O)cc2)c(=O)[nH]c1=O. The molecule has 1 aromatic heterocycles. The van der Waals surface area contributed by atoms with Gasteiger partial charge in [0.05, 0.1) is 0 Å². The summed E-state index contributed by atoms with van der Waals surface area (Å²) in [5.74, 6) is -0.324. The molecule has 1 aromatic carbocycles. The zero-order valence-electron chi connectivity index (χ0n) is 15.1. The predicted octanol–water partition coefficient (Wildman–Crippen LogP) is 1.04. The van der Waals surface area contributed by atoms with E-state index in [1.807, 2.05) is 13.8 Å². The van der Waals surface area contributed by atoms with Crippen LogP contribution in [0.5, 0.6) is 0 Å². The number of unbranched alkanes of at least 4 members (excludes halogenated alkanes) is 1. The number of primary amides is 1. The zero-order valence-corrected chi connectivity index (χ0v) is 15.1. The second kappa shape index (κ2) is 8.37. The quantitative estimate of drug-likeness (QED) is 0.649. The molecule has 1 amide bonds. The lowest BCUT2D eigenvalue weighted by atomic mass is 10.1. The van der Waals surface area contributed by atoms with E-state index in [2.05, 4.69) is 4.98 Å². The largest absolute Gasteiger partial charge is 0.383 e. The molecule has 8 heteroatoms. The number of hydrogen-bond donors (Lipinski definition) is 3. The van der Waals surface area contributed by atoms with Crippen LogP contribution >= 0.6 is 0 Å². The molecule has 2 aromatic rings. The monoisotopic (exact) mass is 359 g/mol. The highest BCUT2D eigenvalue weighted by Gasteiger charge is 2.18. The van der Waals surface area contributed by atoms with Crippen LogP contribution in [-0.4, -0.2) is 22.0 Å². The van der Waals surface area contributed by atoms with Gasteiger partial charge in [0.25, 0.3) is 5.56 Å². The van der Waals surface area contributed by atoms with Crippen LogP contribution in [0.2, 0.25) is 0 Å². The van der Waals surface area contributed by atoms with Gasteiger partial charge in [0.15, 0.2) is 0 Å². The van der Waals surface area contributed by atoms with E-state index in [1.165, 1.54) is 4.57 Å². The number of rotatable bonds is 8. The van der Waals surface area contributed by atoms with Crippen molar-refractivity contribution < 1.29 is 4.79 Å². The molecule has 0 saturated heterocycles. The topological polar surface area (TPSA) is 127 Å². The van der Waals surface area contributed by atoms with E-state index in [0.717, 1.165) is 18.4 Å². The first-order valence-corrected chi connectivity index (χ1v) is 8.65. The Morgan fingerprint density at radius 1 is 1.19 bits per heavy atom. The fourth-order valence-corrected chi connectivity index (χ4v) is 2.76. The standard InChI is InChI=1S/C18H25N5O3/c1-3-5-10-23-15(19)14(17(25)21-18(23)26)22(4-2)11-12-6-8-13(9-7-12)16(20)24/h6-9H,3-5,10-11,19H2,1-2H3,(H2,20,24)(H,21,25,26). The third-order valence-corrected chi connectivity index (χ3v) is 4.26. The molecule has 8 nitrogen and oxygen atoms in total. The fourth-order valence-electron chi connectivity index (χ4n) is 2.76. The number of aromatic amines is 1. The van der Waals surface area contributed by atoms with Gasteiger partial charge in [0.1, 0.15) is 11.5 Å². The highest BCUT2D eigenvalue weighted by atomic mass is 16.2. The van der Waals surface area contributed by atoms with Crippen LogP contribution in [-0.2, 0) is 13.1 Å². The summed E-state index contributed by atoms with van der Waals surface area (Å²) in [6, 6.07) is 6.84. The molecule has 140 valence electrons. The van der Waals surface area contributed by atoms with Gasteiger partial charge in [-0.15, -0.1) is 0 Å². The molecule has 0 saturated carbocycles. The highest BCUT2D eigenvalue weighted by molar-refractivity contribution is 5.92. The number of hydrogen-bond acceptors (Lipinski definition) is 5. The lowest BCUT2D eigenvalue weighted by Gasteiger charge is -2.25. The van der Waals surface area contributed by atoms with E-state index in [4.69, 9.17) is 11.5 Å². The molecule has 0 aliphatic heterocycles. The van der Waals surface area contributed by atoms with Gasteiger partial charge in [-0.25, -0.2) is 4.79 Å². The van der Waals surface area contributed by atoms with Crippen molar-refractivity contribution in [1.82, 2.24) is 9.55 Å². The lowest BCUT2D eigenvalue weighted by molar-refractivity contribution is 0.100. The number of carbonyl (C=O) groups is 1. The third-order valence-electron chi connectivity index (χ3n) is 4.26. The molecule has 0 unspecified atom stereocenters. The summed E-state index contributed by atoms with van der Waals surface area (Å²) in [6.07, 6.45) is 1.69. The van der Waals surface area contributed by atoms with E-state index in [-0.39, 0.29) is 11.5 Å². The van der Waals surface area contributed by atoms with Gasteiger partial charge >= 0.3 is 5.69 Å². The minimum atomic E-state index is -0.504. The van der Waals surface area contributed by atoms with Crippen molar-refractivity contribution >= 4 is 17.4 Å². The van der Waals surface area contributed by atoms with Crippen molar-refractivity contribution in [2.45, 2.75) is 39.8 Å². The van der Waals surface area contributed by atoms with E-state index >= 15 is 0 Å². The summed E-state index contributed by atoms with van der Waals surface area (Å²) in [6.45, 7) is 5.31. The number of benzene rings is 1. The Morgan fingerprint density at radius 3 is 2.38 bits per heavy atom. The number of anilines is 2. The van der Waals surface area contributed by atoms with E-state index in [0.29, 0.717) is 25.2 Å². The molecule has 0 radical (unpaired) electrons. The summed E-state index contributed by atoms with van der Waals surface area (Å²) in [7, 11) is 0. The van der Waals surface area contributed by atoms with Crippen molar-refractivity contribution in [3.63, 3.8) is 0 Å². The fraction of sp³-hybridized carbons (Fsp3) is 0.389. The molecule has 5 N–H and O–H groups in total. The van der Waals surface area contributed by atoms with Crippen LogP contribution in [0.1, 0.15) is 42.6 Å². The van der Waals surface area contributed by atoms with Crippen molar-refractivity contribution in [3.05, 3.63) is 56.2 Å². The van der Waals surface area contributed by atoms with Gasteiger partial charge in [-0.3, -0.25) is 19.1 Å². The average Bonchev–Trinajstić information content (AvgIpc) is 2.60. The van der Waals surface area contributed by atoms with Crippen LogP contribution in [0, 0.1) is 0 Å². The summed E-state index contributed by atoms with van der Waals surface area (Å²) in [5, 5.41) is 0. The predicted molar refractivity (Wildman–Crippen MR) is 102 cm³/mol. The number of nitrogens with zero attached hydrogens (tertiary/aromatic N) is 2. The number of aromatic nitrogens is 2. The first-order chi connectivity index (χ1) is 12.4. The number of nitrogen functional groups attached to an aromatic ring is 1. The second-order valence-corrected chi connectivity index (χ2v) is 6.07. The van der Waals surface area contributed by atoms with Gasteiger partial charge < -0.3 is 16.4 Å². The molecule has 0 spiro atoms. The first kappa shape index (κ1) is 19.3. The highest BCUT2D eigenvalue weighted by Crippen LogP contribution is 2.19. The zero-order chi connectivity index (χ0) is 19.3. The number of H-pyrrole nitrogens is 1. The van der Waals surface area contributed by atoms with Crippen LogP contribution in [0.4, 0.5) is 11.5 Å². The lowest BCUT2D eigenvalue weighted by Crippen LogP contribution is -2.38. The molecule has 0 fully saturated rings. The maximum atomic E-state index is 12.4. The summed E-state index contributed by atoms with van der Waals surface area (Å²) in [4.78, 5) is 39.7. The minimum Gasteiger partial charge on any atom is -0.383 e. The molecule has 0 bridgehead atoms. The maximum Gasteiger partial charge on any atom is 0.330 e. The van der Waals surface area contributed by atoms with Crippen molar-refractivity contribution in [2.75, 3.05) is 17.2 Å². The second-order valence-electron chi connectivity index (χ2n) is 6.07. The Kier molecular flexibility index (Phi) is 6.21. The van der Waals surface area contributed by atoms with Crippen molar-refractivity contribution in [2.24, 2.45) is 5.73 Å². The third kappa shape index (κ3) is 4.14. The Morgan fingerprint density at radius 2 is 1.85 bits per heavy atom. The number of nitrogens with one attached hydrogen (secondary N) is 1. The van der Waals surface area contributed by atoms with E-state index in [9.17, 15) is 14.4 Å². The molecule has 26 heavy (non-hydrogen) atoms. The van der Waals surface area contributed by atoms with Crippen molar-refractivity contribution in [3.8, 4) is 0 Å². The summed E-state index contributed by atoms with van der Waals surface area (Å²) in [5.41, 5.74) is 12.0. The van der Waals surface area contributed by atoms with Crippen LogP contribution in [0.25, 0.3) is 0 Å². The average molecular weight is 359 g/mol. The Balaban J connectivity index is 2.38. The number of carbonyl (C=O) groups excluding carboxylic acids is 1. The van der Waals surface area contributed by atoms with Crippen LogP contribution in [0.15, 0.2) is 33.9 Å². The van der Waals surface area contributed by atoms with Crippen molar-refractivity contribution in [1.29, 1.82) is 0 Å². The van der Waals surface area contributed by atoms with E-state index < -0.39 is 17.2 Å². The summed E-state index contributed by atoms with van der Waals surface area (Å²) >= 11 is 0. The molecule has 0 aliphatic carbocycles. The van der Waals surface area contributed by atoms with Crippen LogP contribution in [0.3, 0.4) is 0 Å². The molecular weight excluding hydrogens is 334 g/mol. The van der Waals surface area contributed by atoms with Gasteiger partial charge in [0, 0.05) is 25.2 Å². The Hall–Kier alpha value is -3.03. The summed E-state index contributed by atoms with van der Waals surface area (Å²) < 4.78 is 1.40. The van der Waals surface area contributed by atoms with Gasteiger partial charge in [-0.2, -0.15) is 0 Å². The number of amides is 1. The smallest absolute Gasteiger partial charge is 0.330 e. The molecule has 0 atom stereocenters. The molecular formula is C18H25N5O3. The number of nitrogens with two attached hydrogens (primary N) is 2. The molecule has 1 heterocycles. The van der Waals surface area contributed by atoms with Gasteiger partial charge in [-0.05, 0) is 31.0 Å². The van der Waals surface area contributed by atoms with E-state index in [1.54, 1.807) is 29.2 Å². The Bertz CT molecular complexity index is 883. The van der Waals surface area contributed by atoms with Gasteiger partial charge in [0.2, 0.25) is 5.91 Å². The normalized spacial score (nSPS) is 10.7.